The number of carbonyl (C=O) groups is 3. The number of carbonyl (C=O) groups excluding carboxylic acids is 2. The standard InChI is InChI=1S/C12H10N8O4S3/c21-6(1-19-3-13-17-18-19)15-7-9(22)20-8(11(23)24)5(2-25-10(7)20)27-12-16-14-4-26-12/h3-4,7,10H,1-2H2,(H,15,21)(H,23,24). The number of rotatable bonds is 6. The average molecular weight is 426 g/mol. The van der Waals surface area contributed by atoms with Gasteiger partial charge in [0.1, 0.15) is 35.5 Å². The molecule has 0 aromatic carbocycles. The zero-order chi connectivity index (χ0) is 19.0. The zero-order valence-electron chi connectivity index (χ0n) is 13.3. The van der Waals surface area contributed by atoms with Crippen molar-refractivity contribution in [3.8, 4) is 0 Å². The second-order valence-corrected chi connectivity index (χ2v) is 8.63. The van der Waals surface area contributed by atoms with Crippen LogP contribution in [0, 0.1) is 0 Å². The molecule has 27 heavy (non-hydrogen) atoms. The number of nitrogens with one attached hydrogen (secondary N) is 1. The van der Waals surface area contributed by atoms with Crippen molar-refractivity contribution >= 4 is 52.6 Å². The van der Waals surface area contributed by atoms with Gasteiger partial charge >= 0.3 is 5.97 Å². The number of carboxylic acids is 1. The molecule has 140 valence electrons. The Kier molecular flexibility index (Phi) is 4.79. The molecule has 0 spiro atoms. The quantitative estimate of drug-likeness (QED) is 0.547. The van der Waals surface area contributed by atoms with E-state index in [0.29, 0.717) is 15.0 Å². The van der Waals surface area contributed by atoms with Gasteiger partial charge in [0.05, 0.1) is 0 Å². The molecule has 4 heterocycles. The first-order valence-corrected chi connectivity index (χ1v) is 10.1. The van der Waals surface area contributed by atoms with Gasteiger partial charge in [0.25, 0.3) is 5.91 Å². The predicted octanol–water partition coefficient (Wildman–Crippen LogP) is -0.987. The van der Waals surface area contributed by atoms with Crippen molar-refractivity contribution in [2.24, 2.45) is 0 Å². The molecule has 4 rings (SSSR count). The molecule has 0 saturated carbocycles. The summed E-state index contributed by atoms with van der Waals surface area (Å²) in [6.45, 7) is -0.131. The molecule has 0 aliphatic carbocycles. The minimum Gasteiger partial charge on any atom is -0.477 e. The summed E-state index contributed by atoms with van der Waals surface area (Å²) < 4.78 is 1.82. The van der Waals surface area contributed by atoms with Crippen LogP contribution in [-0.4, -0.2) is 75.4 Å². The molecule has 12 nitrogen and oxygen atoms in total. The van der Waals surface area contributed by atoms with E-state index in [4.69, 9.17) is 0 Å². The van der Waals surface area contributed by atoms with Gasteiger partial charge in [-0.25, -0.2) is 9.48 Å². The fraction of sp³-hybridized carbons (Fsp3) is 0.333. The minimum atomic E-state index is -1.20. The molecule has 2 aliphatic heterocycles. The fourth-order valence-corrected chi connectivity index (χ4v) is 5.72. The third-order valence-electron chi connectivity index (χ3n) is 3.70. The molecule has 2 N–H and O–H groups in total. The highest BCUT2D eigenvalue weighted by molar-refractivity contribution is 8.07. The number of carboxylic acid groups (broad SMARTS) is 1. The molecule has 2 unspecified atom stereocenters. The van der Waals surface area contributed by atoms with Crippen LogP contribution in [-0.2, 0) is 20.9 Å². The summed E-state index contributed by atoms with van der Waals surface area (Å²) in [6, 6.07) is -0.790. The number of tetrazole rings is 1. The van der Waals surface area contributed by atoms with Gasteiger partial charge in [0.15, 0.2) is 4.34 Å². The summed E-state index contributed by atoms with van der Waals surface area (Å²) in [5.74, 6) is -1.71. The van der Waals surface area contributed by atoms with Crippen LogP contribution in [0.2, 0.25) is 0 Å². The second-order valence-electron chi connectivity index (χ2n) is 5.35. The Morgan fingerprint density at radius 1 is 1.41 bits per heavy atom. The van der Waals surface area contributed by atoms with Gasteiger partial charge < -0.3 is 10.4 Å². The lowest BCUT2D eigenvalue weighted by Crippen LogP contribution is -2.70. The number of thioether (sulfide) groups is 2. The SMILES string of the molecule is O=C(Cn1cnnn1)NC1C(=O)N2C(C(=O)O)=C(Sc3nncs3)CSC12. The third-order valence-corrected chi connectivity index (χ3v) is 7.02. The highest BCUT2D eigenvalue weighted by Gasteiger charge is 2.54. The van der Waals surface area contributed by atoms with Crippen molar-refractivity contribution in [3.63, 3.8) is 0 Å². The van der Waals surface area contributed by atoms with E-state index in [1.807, 2.05) is 0 Å². The maximum atomic E-state index is 12.5. The molecular formula is C12H10N8O4S3. The van der Waals surface area contributed by atoms with E-state index in [-0.39, 0.29) is 12.2 Å². The molecule has 2 amide bonds. The van der Waals surface area contributed by atoms with Gasteiger partial charge in [0, 0.05) is 10.7 Å². The van der Waals surface area contributed by atoms with Crippen molar-refractivity contribution in [2.45, 2.75) is 22.3 Å². The zero-order valence-corrected chi connectivity index (χ0v) is 15.7. The Balaban J connectivity index is 1.48. The molecule has 0 bridgehead atoms. The molecule has 1 fully saturated rings. The molecule has 15 heteroatoms. The summed E-state index contributed by atoms with van der Waals surface area (Å²) >= 11 is 3.85. The Bertz CT molecular complexity index is 915. The highest BCUT2D eigenvalue weighted by atomic mass is 32.2. The largest absolute Gasteiger partial charge is 0.477 e. The van der Waals surface area contributed by atoms with Gasteiger partial charge in [-0.05, 0) is 10.4 Å². The Morgan fingerprint density at radius 3 is 2.93 bits per heavy atom. The van der Waals surface area contributed by atoms with Gasteiger partial charge in [-0.15, -0.1) is 27.1 Å². The van der Waals surface area contributed by atoms with Crippen LogP contribution in [0.5, 0.6) is 0 Å². The number of amides is 2. The van der Waals surface area contributed by atoms with E-state index in [0.717, 1.165) is 0 Å². The van der Waals surface area contributed by atoms with Gasteiger partial charge in [-0.2, -0.15) is 0 Å². The number of aliphatic carboxylic acids is 1. The fourth-order valence-electron chi connectivity index (χ4n) is 2.60. The van der Waals surface area contributed by atoms with E-state index >= 15 is 0 Å². The molecule has 2 aliphatic rings. The van der Waals surface area contributed by atoms with Crippen molar-refractivity contribution < 1.29 is 19.5 Å². The molecule has 2 aromatic heterocycles. The van der Waals surface area contributed by atoms with Crippen molar-refractivity contribution in [3.05, 3.63) is 22.4 Å². The number of hydrogen-bond donors (Lipinski definition) is 2. The molecule has 0 radical (unpaired) electrons. The smallest absolute Gasteiger partial charge is 0.353 e. The maximum absolute atomic E-state index is 12.5. The van der Waals surface area contributed by atoms with Crippen LogP contribution in [0.25, 0.3) is 0 Å². The van der Waals surface area contributed by atoms with Crippen molar-refractivity contribution in [2.75, 3.05) is 5.75 Å². The second kappa shape index (κ2) is 7.24. The van der Waals surface area contributed by atoms with Gasteiger partial charge in [-0.1, -0.05) is 23.1 Å². The first kappa shape index (κ1) is 17.9. The molecular weight excluding hydrogens is 416 g/mol. The van der Waals surface area contributed by atoms with Crippen LogP contribution in [0.4, 0.5) is 0 Å². The van der Waals surface area contributed by atoms with Crippen LogP contribution >= 0.6 is 34.9 Å². The Hall–Kier alpha value is -2.52. The first-order valence-electron chi connectivity index (χ1n) is 7.40. The topological polar surface area (TPSA) is 156 Å². The number of aromatic nitrogens is 6. The van der Waals surface area contributed by atoms with Crippen LogP contribution in [0.15, 0.2) is 26.8 Å². The summed E-state index contributed by atoms with van der Waals surface area (Å²) in [5, 5.41) is 29.8. The Labute approximate surface area is 163 Å². The highest BCUT2D eigenvalue weighted by Crippen LogP contribution is 2.45. The average Bonchev–Trinajstić information content (AvgIpc) is 3.33. The van der Waals surface area contributed by atoms with E-state index in [1.54, 1.807) is 5.51 Å². The molecule has 2 aromatic rings. The van der Waals surface area contributed by atoms with Crippen LogP contribution in [0.3, 0.4) is 0 Å². The Morgan fingerprint density at radius 2 is 2.26 bits per heavy atom. The van der Waals surface area contributed by atoms with E-state index in [1.165, 1.54) is 50.8 Å². The normalized spacial score (nSPS) is 21.6. The van der Waals surface area contributed by atoms with Crippen molar-refractivity contribution in [1.29, 1.82) is 0 Å². The number of nitrogens with zero attached hydrogens (tertiary/aromatic N) is 7. The van der Waals surface area contributed by atoms with E-state index in [2.05, 4.69) is 31.0 Å². The number of fused-ring (bicyclic) bond motifs is 1. The summed E-state index contributed by atoms with van der Waals surface area (Å²) in [4.78, 5) is 38.1. The minimum absolute atomic E-state index is 0.0741. The van der Waals surface area contributed by atoms with Crippen LogP contribution in [0.1, 0.15) is 0 Å². The lowest BCUT2D eigenvalue weighted by molar-refractivity contribution is -0.150. The monoisotopic (exact) mass is 426 g/mol. The first-order chi connectivity index (χ1) is 13.0. The lowest BCUT2D eigenvalue weighted by atomic mass is 10.1. The third kappa shape index (κ3) is 3.40. The summed E-state index contributed by atoms with van der Waals surface area (Å²) in [5.41, 5.74) is 1.47. The lowest BCUT2D eigenvalue weighted by Gasteiger charge is -2.49. The molecule has 1 saturated heterocycles. The van der Waals surface area contributed by atoms with E-state index in [9.17, 15) is 19.5 Å². The number of β-lactam (4-membered cyclic amide) rings is 1. The molecule has 2 atom stereocenters. The predicted molar refractivity (Wildman–Crippen MR) is 93.3 cm³/mol. The maximum Gasteiger partial charge on any atom is 0.353 e. The van der Waals surface area contributed by atoms with Crippen LogP contribution < -0.4 is 5.32 Å². The summed E-state index contributed by atoms with van der Waals surface area (Å²) in [6.07, 6.45) is 1.28. The van der Waals surface area contributed by atoms with Crippen molar-refractivity contribution in [1.82, 2.24) is 40.6 Å². The summed E-state index contributed by atoms with van der Waals surface area (Å²) in [7, 11) is 0. The number of hydrogen-bond acceptors (Lipinski definition) is 11. The van der Waals surface area contributed by atoms with E-state index < -0.39 is 29.2 Å². The van der Waals surface area contributed by atoms with Gasteiger partial charge in [-0.3, -0.25) is 14.5 Å². The van der Waals surface area contributed by atoms with Gasteiger partial charge in [0.2, 0.25) is 5.91 Å².